The van der Waals surface area contributed by atoms with Crippen LogP contribution in [0, 0.1) is 5.92 Å². The predicted molar refractivity (Wildman–Crippen MR) is 128 cm³/mol. The summed E-state index contributed by atoms with van der Waals surface area (Å²) in [6.45, 7) is 11.9. The van der Waals surface area contributed by atoms with Crippen LogP contribution < -0.4 is 10.6 Å². The van der Waals surface area contributed by atoms with Crippen LogP contribution in [0.4, 0.5) is 0 Å². The number of hydrogen-bond donors (Lipinski definition) is 2. The lowest BCUT2D eigenvalue weighted by atomic mass is 10.0. The fraction of sp³-hybridized carbons (Fsp3) is 0.583. The van der Waals surface area contributed by atoms with Crippen molar-refractivity contribution in [1.82, 2.24) is 10.6 Å². The quantitative estimate of drug-likeness (QED) is 0.443. The number of thioether (sulfide) groups is 1. The maximum atomic E-state index is 13.0. The average Bonchev–Trinajstić information content (AvgIpc) is 2.74. The summed E-state index contributed by atoms with van der Waals surface area (Å²) >= 11 is 0.926. The molecule has 33 heavy (non-hydrogen) atoms. The molecule has 0 aliphatic heterocycles. The van der Waals surface area contributed by atoms with E-state index in [9.17, 15) is 19.2 Å². The van der Waals surface area contributed by atoms with Crippen LogP contribution in [-0.2, 0) is 35.3 Å². The third-order valence-corrected chi connectivity index (χ3v) is 6.16. The van der Waals surface area contributed by atoms with Crippen LogP contribution in [0.15, 0.2) is 30.3 Å². The summed E-state index contributed by atoms with van der Waals surface area (Å²) in [7, 11) is 0. The van der Waals surface area contributed by atoms with Gasteiger partial charge < -0.3 is 20.1 Å². The maximum absolute atomic E-state index is 13.0. The number of benzene rings is 1. The number of carbonyl (C=O) groups is 4. The first-order valence-electron chi connectivity index (χ1n) is 11.0. The molecule has 3 atom stereocenters. The number of nitrogens with one attached hydrogen (secondary N) is 2. The molecule has 2 unspecified atom stereocenters. The number of rotatable bonds is 12. The molecule has 2 amide bonds. The summed E-state index contributed by atoms with van der Waals surface area (Å²) in [6, 6.07) is 8.39. The van der Waals surface area contributed by atoms with E-state index in [4.69, 9.17) is 9.47 Å². The van der Waals surface area contributed by atoms with Gasteiger partial charge in [0.2, 0.25) is 11.8 Å². The van der Waals surface area contributed by atoms with Gasteiger partial charge >= 0.3 is 5.97 Å². The van der Waals surface area contributed by atoms with Gasteiger partial charge in [-0.2, -0.15) is 0 Å². The highest BCUT2D eigenvalue weighted by Crippen LogP contribution is 2.21. The lowest BCUT2D eigenvalue weighted by Crippen LogP contribution is -2.61. The predicted octanol–water partition coefficient (Wildman–Crippen LogP) is 2.84. The monoisotopic (exact) mass is 480 g/mol. The highest BCUT2D eigenvalue weighted by Gasteiger charge is 2.38. The van der Waals surface area contributed by atoms with Gasteiger partial charge in [0.15, 0.2) is 11.2 Å². The van der Waals surface area contributed by atoms with E-state index in [1.165, 1.54) is 20.8 Å². The highest BCUT2D eigenvalue weighted by molar-refractivity contribution is 8.14. The maximum Gasteiger partial charge on any atom is 0.331 e. The Balaban J connectivity index is 2.91. The lowest BCUT2D eigenvalue weighted by Gasteiger charge is -2.31. The molecule has 0 fully saturated rings. The van der Waals surface area contributed by atoms with Gasteiger partial charge in [0.05, 0.1) is 24.6 Å². The van der Waals surface area contributed by atoms with E-state index in [0.29, 0.717) is 0 Å². The van der Waals surface area contributed by atoms with Crippen molar-refractivity contribution in [1.29, 1.82) is 0 Å². The summed E-state index contributed by atoms with van der Waals surface area (Å²) in [5.41, 5.74) is -0.417. The first-order chi connectivity index (χ1) is 15.4. The van der Waals surface area contributed by atoms with Gasteiger partial charge in [-0.05, 0) is 39.2 Å². The fourth-order valence-corrected chi connectivity index (χ4v) is 3.72. The molecule has 0 aliphatic carbocycles. The Morgan fingerprint density at radius 3 is 2.18 bits per heavy atom. The van der Waals surface area contributed by atoms with Crippen molar-refractivity contribution in [3.05, 3.63) is 35.9 Å². The van der Waals surface area contributed by atoms with Crippen LogP contribution in [0.25, 0.3) is 0 Å². The van der Waals surface area contributed by atoms with Gasteiger partial charge in [-0.25, -0.2) is 4.79 Å². The van der Waals surface area contributed by atoms with E-state index in [-0.39, 0.29) is 24.2 Å². The zero-order valence-electron chi connectivity index (χ0n) is 20.5. The van der Waals surface area contributed by atoms with Crippen molar-refractivity contribution < 1.29 is 28.7 Å². The standard InChI is InChI=1S/C24H36N2O6S/c1-8-31-22(29)19(16(4)32-14-18-12-10-9-11-13-18)25-23(30)24(6,7)26-21(28)20(15(2)3)33-17(5)27/h9-13,15-16,19-20H,8,14H2,1-7H3,(H,25,30)(H,26,28)/t16?,19?,20-/m0/s1. The van der Waals surface area contributed by atoms with Crippen molar-refractivity contribution in [3.63, 3.8) is 0 Å². The molecule has 184 valence electrons. The van der Waals surface area contributed by atoms with E-state index in [1.807, 2.05) is 44.2 Å². The summed E-state index contributed by atoms with van der Waals surface area (Å²) in [4.78, 5) is 49.9. The molecular formula is C24H36N2O6S. The molecule has 0 aromatic heterocycles. The Morgan fingerprint density at radius 1 is 1.06 bits per heavy atom. The number of amides is 2. The molecule has 0 saturated heterocycles. The third-order valence-electron chi connectivity index (χ3n) is 4.81. The van der Waals surface area contributed by atoms with Crippen molar-refractivity contribution >= 4 is 34.7 Å². The van der Waals surface area contributed by atoms with Crippen molar-refractivity contribution in [2.45, 2.75) is 78.0 Å². The molecule has 0 saturated carbocycles. The summed E-state index contributed by atoms with van der Waals surface area (Å²) < 4.78 is 10.9. The van der Waals surface area contributed by atoms with E-state index >= 15 is 0 Å². The average molecular weight is 481 g/mol. The highest BCUT2D eigenvalue weighted by atomic mass is 32.2. The van der Waals surface area contributed by atoms with Gasteiger partial charge in [-0.1, -0.05) is 55.9 Å². The molecule has 0 spiro atoms. The normalized spacial score (nSPS) is 14.2. The van der Waals surface area contributed by atoms with Crippen LogP contribution in [0.3, 0.4) is 0 Å². The molecule has 0 bridgehead atoms. The topological polar surface area (TPSA) is 111 Å². The Bertz CT molecular complexity index is 812. The minimum atomic E-state index is -1.34. The Morgan fingerprint density at radius 2 is 1.67 bits per heavy atom. The van der Waals surface area contributed by atoms with Crippen LogP contribution in [0.2, 0.25) is 0 Å². The van der Waals surface area contributed by atoms with Gasteiger partial charge in [-0.15, -0.1) is 0 Å². The van der Waals surface area contributed by atoms with Gasteiger partial charge in [-0.3, -0.25) is 14.4 Å². The van der Waals surface area contributed by atoms with Crippen molar-refractivity contribution in [2.75, 3.05) is 6.61 Å². The summed E-state index contributed by atoms with van der Waals surface area (Å²) in [6.07, 6.45) is -0.684. The molecule has 0 aliphatic rings. The Hall–Kier alpha value is -2.39. The third kappa shape index (κ3) is 9.55. The number of ether oxygens (including phenoxy) is 2. The molecule has 8 nitrogen and oxygen atoms in total. The molecule has 2 N–H and O–H groups in total. The second-order valence-corrected chi connectivity index (χ2v) is 9.91. The van der Waals surface area contributed by atoms with Crippen LogP contribution in [0.5, 0.6) is 0 Å². The number of esters is 1. The molecular weight excluding hydrogens is 444 g/mol. The second-order valence-electron chi connectivity index (χ2n) is 8.59. The first-order valence-corrected chi connectivity index (χ1v) is 11.9. The molecule has 1 aromatic carbocycles. The van der Waals surface area contributed by atoms with E-state index in [0.717, 1.165) is 17.3 Å². The first kappa shape index (κ1) is 28.6. The zero-order chi connectivity index (χ0) is 25.2. The van der Waals surface area contributed by atoms with Crippen LogP contribution in [0.1, 0.15) is 54.0 Å². The summed E-state index contributed by atoms with van der Waals surface area (Å²) in [5.74, 6) is -1.73. The van der Waals surface area contributed by atoms with Crippen LogP contribution >= 0.6 is 11.8 Å². The van der Waals surface area contributed by atoms with E-state index in [1.54, 1.807) is 13.8 Å². The number of carbonyl (C=O) groups excluding carboxylic acids is 4. The SMILES string of the molecule is CCOC(=O)C(NC(=O)C(C)(C)NC(=O)[C@@H](SC(C)=O)C(C)C)C(C)OCc1ccccc1. The van der Waals surface area contributed by atoms with E-state index in [2.05, 4.69) is 10.6 Å². The molecule has 0 radical (unpaired) electrons. The molecule has 0 heterocycles. The zero-order valence-corrected chi connectivity index (χ0v) is 21.3. The minimum Gasteiger partial charge on any atom is -0.464 e. The summed E-state index contributed by atoms with van der Waals surface area (Å²) in [5, 5.41) is 4.55. The molecule has 1 rings (SSSR count). The Kier molecular flexibility index (Phi) is 11.6. The smallest absolute Gasteiger partial charge is 0.331 e. The van der Waals surface area contributed by atoms with Gasteiger partial charge in [0, 0.05) is 6.92 Å². The lowest BCUT2D eigenvalue weighted by molar-refractivity contribution is -0.153. The minimum absolute atomic E-state index is 0.114. The molecule has 9 heteroatoms. The van der Waals surface area contributed by atoms with E-state index < -0.39 is 40.7 Å². The van der Waals surface area contributed by atoms with Gasteiger partial charge in [0.1, 0.15) is 5.54 Å². The van der Waals surface area contributed by atoms with Crippen LogP contribution in [-0.4, -0.2) is 52.4 Å². The Labute approximate surface area is 200 Å². The fourth-order valence-electron chi connectivity index (χ4n) is 2.93. The van der Waals surface area contributed by atoms with Crippen molar-refractivity contribution in [2.24, 2.45) is 5.92 Å². The largest absolute Gasteiger partial charge is 0.464 e. The second kappa shape index (κ2) is 13.3. The molecule has 1 aromatic rings. The van der Waals surface area contributed by atoms with Crippen molar-refractivity contribution in [3.8, 4) is 0 Å². The number of hydrogen-bond acceptors (Lipinski definition) is 7. The van der Waals surface area contributed by atoms with Gasteiger partial charge in [0.25, 0.3) is 0 Å².